The van der Waals surface area contributed by atoms with E-state index in [-0.39, 0.29) is 39.7 Å². The molecule has 0 unspecified atom stereocenters. The Balaban J connectivity index is -0.000000551. The number of hydrogen-bond acceptors (Lipinski definition) is 0. The summed E-state index contributed by atoms with van der Waals surface area (Å²) >= 11 is 1.81. The third-order valence-corrected chi connectivity index (χ3v) is 6.62. The van der Waals surface area contributed by atoms with E-state index in [1.807, 2.05) is 0 Å². The average molecular weight is 606 g/mol. The maximum atomic E-state index is 2.97. The molecule has 212 valence electrons. The van der Waals surface area contributed by atoms with Gasteiger partial charge in [0.15, 0.2) is 0 Å². The van der Waals surface area contributed by atoms with Crippen molar-refractivity contribution in [3.8, 4) is 0 Å². The number of halogens is 2. The van der Waals surface area contributed by atoms with Gasteiger partial charge in [-0.25, -0.2) is 0 Å². The van der Waals surface area contributed by atoms with Gasteiger partial charge < -0.3 is 14.9 Å². The van der Waals surface area contributed by atoms with Gasteiger partial charge in [0.2, 0.25) is 0 Å². The van der Waals surface area contributed by atoms with E-state index in [0.717, 1.165) is 0 Å². The van der Waals surface area contributed by atoms with Crippen molar-refractivity contribution in [1.82, 2.24) is 0 Å². The average Bonchev–Trinajstić information content (AvgIpc) is 3.33. The minimum atomic E-state index is 0. The van der Waals surface area contributed by atoms with Gasteiger partial charge in [-0.15, -0.1) is 81.8 Å². The summed E-state index contributed by atoms with van der Waals surface area (Å²) in [6.07, 6.45) is 0. The molecule has 0 saturated heterocycles. The van der Waals surface area contributed by atoms with E-state index in [0.29, 0.717) is 23.7 Å². The predicted molar refractivity (Wildman–Crippen MR) is 178 cm³/mol. The van der Waals surface area contributed by atoms with Crippen LogP contribution in [0.4, 0.5) is 0 Å². The van der Waals surface area contributed by atoms with Gasteiger partial charge in [-0.3, -0.25) is 0 Å². The molecule has 0 nitrogen and oxygen atoms in total. The molecule has 38 heavy (non-hydrogen) atoms. The van der Waals surface area contributed by atoms with E-state index in [1.54, 1.807) is 19.2 Å². The van der Waals surface area contributed by atoms with Gasteiger partial charge in [0.05, 0.1) is 0 Å². The standard InChI is InChI=1S/2C16H21.2CH3.2ClH.Si.Ti/c2*1-10(2)13-8-14-6-12(5)7-16(14)15(9-13)11(3)4;;;;;;/h2*6-11H,1-5H3;2*1H3;2*1H;;/q4*-1;;;;. The van der Waals surface area contributed by atoms with Crippen molar-refractivity contribution in [3.05, 3.63) is 96.8 Å². The Morgan fingerprint density at radius 3 is 1.05 bits per heavy atom. The van der Waals surface area contributed by atoms with Gasteiger partial charge in [-0.1, -0.05) is 104 Å². The number of rotatable bonds is 4. The molecule has 0 N–H and O–H groups in total. The molecule has 4 heteroatoms. The SMILES string of the molecule is Cc1cc2c(C(C)C)cc(C(C)C)cc2[cH-]1.Cc1cc2c(C(C)C)cc(C(C)C)cc2[cH-]1.Cl.Cl.[CH3-].[CH3-].[Si]=[Ti]. The van der Waals surface area contributed by atoms with E-state index in [9.17, 15) is 0 Å². The second kappa shape index (κ2) is 18.5. The Labute approximate surface area is 261 Å². The van der Waals surface area contributed by atoms with Crippen molar-refractivity contribution in [2.24, 2.45) is 0 Å². The number of benzene rings is 2. The fourth-order valence-corrected chi connectivity index (χ4v) is 4.67. The van der Waals surface area contributed by atoms with Gasteiger partial charge in [0.25, 0.3) is 0 Å². The van der Waals surface area contributed by atoms with Crippen molar-refractivity contribution < 1.29 is 19.2 Å². The topological polar surface area (TPSA) is 0 Å². The van der Waals surface area contributed by atoms with Gasteiger partial charge in [0.1, 0.15) is 0 Å². The first kappa shape index (κ1) is 41.6. The van der Waals surface area contributed by atoms with Crippen LogP contribution in [-0.4, -0.2) is 7.63 Å². The molecule has 0 fully saturated rings. The van der Waals surface area contributed by atoms with E-state index < -0.39 is 0 Å². The zero-order valence-corrected chi connectivity index (χ0v) is 29.9. The quantitative estimate of drug-likeness (QED) is 0.160. The Hall–Kier alpha value is -0.829. The fraction of sp³-hybridized carbons (Fsp3) is 0.412. The van der Waals surface area contributed by atoms with Crippen LogP contribution in [0.1, 0.15) is 112 Å². The van der Waals surface area contributed by atoms with Crippen LogP contribution in [-0.2, 0) is 19.2 Å². The van der Waals surface area contributed by atoms with Crippen LogP contribution in [0.25, 0.3) is 21.5 Å². The van der Waals surface area contributed by atoms with E-state index in [1.165, 1.54) is 54.9 Å². The van der Waals surface area contributed by atoms with E-state index >= 15 is 0 Å². The molecular weight excluding hydrogens is 555 g/mol. The molecule has 0 amide bonds. The van der Waals surface area contributed by atoms with E-state index in [2.05, 4.69) is 125 Å². The summed E-state index contributed by atoms with van der Waals surface area (Å²) in [5, 5.41) is 5.70. The first-order valence-electron chi connectivity index (χ1n) is 12.6. The molecular formula is C34H50Cl2SiTi-4. The Bertz CT molecular complexity index is 1130. The zero-order valence-electron chi connectivity index (χ0n) is 25.7. The van der Waals surface area contributed by atoms with Gasteiger partial charge in [-0.05, 0) is 23.7 Å². The van der Waals surface area contributed by atoms with Crippen LogP contribution in [0.2, 0.25) is 0 Å². The minimum absolute atomic E-state index is 0. The van der Waals surface area contributed by atoms with Crippen LogP contribution < -0.4 is 0 Å². The summed E-state index contributed by atoms with van der Waals surface area (Å²) < 4.78 is 0. The number of aryl methyl sites for hydroxylation is 2. The zero-order chi connectivity index (χ0) is 25.7. The first-order valence-corrected chi connectivity index (χ1v) is 15.5. The Morgan fingerprint density at radius 1 is 0.526 bits per heavy atom. The summed E-state index contributed by atoms with van der Waals surface area (Å²) in [5.74, 6) is 2.42. The van der Waals surface area contributed by atoms with Gasteiger partial charge in [-0.2, -0.15) is 12.1 Å². The molecule has 4 rings (SSSR count). The van der Waals surface area contributed by atoms with Gasteiger partial charge in [0, 0.05) is 0 Å². The van der Waals surface area contributed by atoms with Gasteiger partial charge >= 0.3 is 26.8 Å². The normalized spacial score (nSPS) is 10.1. The second-order valence-corrected chi connectivity index (χ2v) is 10.9. The molecule has 4 aromatic carbocycles. The molecule has 0 atom stereocenters. The van der Waals surface area contributed by atoms with Crippen molar-refractivity contribution >= 4 is 54.0 Å². The number of fused-ring (bicyclic) bond motifs is 2. The predicted octanol–water partition coefficient (Wildman–Crippen LogP) is 11.6. The fourth-order valence-electron chi connectivity index (χ4n) is 4.67. The summed E-state index contributed by atoms with van der Waals surface area (Å²) in [7, 11) is 2.97. The first-order chi connectivity index (χ1) is 16.0. The van der Waals surface area contributed by atoms with Crippen molar-refractivity contribution in [1.29, 1.82) is 0 Å². The molecule has 0 aliphatic rings. The third kappa shape index (κ3) is 10.3. The molecule has 0 aliphatic heterocycles. The molecule has 0 bridgehead atoms. The maximum absolute atomic E-state index is 2.97. The number of hydrogen-bond donors (Lipinski definition) is 0. The summed E-state index contributed by atoms with van der Waals surface area (Å²) in [6.45, 7) is 22.5. The van der Waals surface area contributed by atoms with E-state index in [4.69, 9.17) is 0 Å². The van der Waals surface area contributed by atoms with Crippen molar-refractivity contribution in [2.75, 3.05) is 0 Å². The molecule has 0 spiro atoms. The Kier molecular flexibility index (Phi) is 20.3. The molecule has 0 heterocycles. The van der Waals surface area contributed by atoms with Crippen molar-refractivity contribution in [2.45, 2.75) is 92.9 Å². The summed E-state index contributed by atoms with van der Waals surface area (Å²) in [6, 6.07) is 18.7. The molecule has 0 aliphatic carbocycles. The second-order valence-electron chi connectivity index (χ2n) is 10.9. The summed E-state index contributed by atoms with van der Waals surface area (Å²) in [4.78, 5) is 0. The molecule has 4 aromatic rings. The molecule has 2 radical (unpaired) electrons. The Morgan fingerprint density at radius 2 is 0.816 bits per heavy atom. The van der Waals surface area contributed by atoms with Crippen LogP contribution >= 0.6 is 24.8 Å². The third-order valence-electron chi connectivity index (χ3n) is 6.62. The molecule has 0 aromatic heterocycles. The summed E-state index contributed by atoms with van der Waals surface area (Å²) in [5.41, 5.74) is 8.66. The molecule has 0 saturated carbocycles. The van der Waals surface area contributed by atoms with Crippen LogP contribution in [0.3, 0.4) is 0 Å². The van der Waals surface area contributed by atoms with Crippen molar-refractivity contribution in [3.63, 3.8) is 0 Å². The monoisotopic (exact) mass is 604 g/mol. The van der Waals surface area contributed by atoms with Crippen LogP contribution in [0.15, 0.2) is 48.5 Å². The van der Waals surface area contributed by atoms with Crippen LogP contribution in [0.5, 0.6) is 0 Å². The van der Waals surface area contributed by atoms with Crippen LogP contribution in [0, 0.1) is 28.7 Å².